The standard InChI is InChI=1S/C16H11ClF4N4O2/c1-7-10-4-8(18)2-3-11(10)27-12(7)13(16(19,20)21)25-15(26)24-9-5-22-14(17)23-6-9/h2-6,13H,1H3,(H2,24,25,26). The van der Waals surface area contributed by atoms with Gasteiger partial charge in [-0.2, -0.15) is 13.2 Å². The van der Waals surface area contributed by atoms with E-state index in [1.807, 2.05) is 0 Å². The fourth-order valence-electron chi connectivity index (χ4n) is 2.46. The second kappa shape index (κ2) is 7.03. The molecule has 0 aliphatic rings. The molecule has 2 N–H and O–H groups in total. The van der Waals surface area contributed by atoms with Crippen molar-refractivity contribution >= 4 is 34.3 Å². The molecule has 0 saturated heterocycles. The van der Waals surface area contributed by atoms with Crippen LogP contribution in [0.5, 0.6) is 0 Å². The molecular weight excluding hydrogens is 392 g/mol. The molecule has 0 spiro atoms. The van der Waals surface area contributed by atoms with Crippen molar-refractivity contribution in [1.82, 2.24) is 15.3 Å². The van der Waals surface area contributed by atoms with E-state index in [1.54, 1.807) is 5.32 Å². The number of hydrogen-bond donors (Lipinski definition) is 2. The molecule has 0 saturated carbocycles. The van der Waals surface area contributed by atoms with Gasteiger partial charge in [0.05, 0.1) is 18.1 Å². The quantitative estimate of drug-likeness (QED) is 0.489. The molecule has 2 amide bonds. The average molecular weight is 403 g/mol. The van der Waals surface area contributed by atoms with Crippen LogP contribution in [0.2, 0.25) is 5.28 Å². The number of rotatable bonds is 3. The average Bonchev–Trinajstić information content (AvgIpc) is 2.90. The van der Waals surface area contributed by atoms with Crippen molar-refractivity contribution in [3.05, 3.63) is 53.0 Å². The maximum Gasteiger partial charge on any atom is 0.416 e. The van der Waals surface area contributed by atoms with Crippen molar-refractivity contribution in [2.75, 3.05) is 5.32 Å². The number of anilines is 1. The van der Waals surface area contributed by atoms with Crippen molar-refractivity contribution in [3.8, 4) is 0 Å². The fourth-order valence-corrected chi connectivity index (χ4v) is 2.56. The highest BCUT2D eigenvalue weighted by molar-refractivity contribution is 6.28. The first-order valence-corrected chi connectivity index (χ1v) is 7.83. The lowest BCUT2D eigenvalue weighted by molar-refractivity contribution is -0.158. The highest BCUT2D eigenvalue weighted by Crippen LogP contribution is 2.38. The van der Waals surface area contributed by atoms with Crippen LogP contribution < -0.4 is 10.6 Å². The van der Waals surface area contributed by atoms with E-state index in [9.17, 15) is 22.4 Å². The van der Waals surface area contributed by atoms with Crippen LogP contribution in [0, 0.1) is 12.7 Å². The van der Waals surface area contributed by atoms with Gasteiger partial charge < -0.3 is 15.1 Å². The summed E-state index contributed by atoms with van der Waals surface area (Å²) in [6, 6.07) is -0.246. The lowest BCUT2D eigenvalue weighted by atomic mass is 10.1. The van der Waals surface area contributed by atoms with Gasteiger partial charge in [-0.15, -0.1) is 0 Å². The molecule has 0 fully saturated rings. The second-order valence-corrected chi connectivity index (χ2v) is 5.88. The summed E-state index contributed by atoms with van der Waals surface area (Å²) in [7, 11) is 0. The van der Waals surface area contributed by atoms with E-state index >= 15 is 0 Å². The number of nitrogens with zero attached hydrogens (tertiary/aromatic N) is 2. The Morgan fingerprint density at radius 1 is 1.26 bits per heavy atom. The maximum atomic E-state index is 13.5. The molecule has 2 heterocycles. The summed E-state index contributed by atoms with van der Waals surface area (Å²) in [5.74, 6) is -1.15. The minimum absolute atomic E-state index is 0.0428. The molecule has 1 aromatic carbocycles. The van der Waals surface area contributed by atoms with E-state index in [-0.39, 0.29) is 27.5 Å². The Bertz CT molecular complexity index is 988. The molecule has 3 aromatic rings. The van der Waals surface area contributed by atoms with Crippen LogP contribution in [-0.2, 0) is 0 Å². The molecule has 3 rings (SSSR count). The Morgan fingerprint density at radius 3 is 2.56 bits per heavy atom. The largest absolute Gasteiger partial charge is 0.458 e. The Hall–Kier alpha value is -2.88. The maximum absolute atomic E-state index is 13.5. The van der Waals surface area contributed by atoms with Crippen molar-refractivity contribution in [2.24, 2.45) is 0 Å². The minimum atomic E-state index is -4.86. The SMILES string of the molecule is Cc1c(C(NC(=O)Nc2cnc(Cl)nc2)C(F)(F)F)oc2ccc(F)cc12. The number of urea groups is 1. The van der Waals surface area contributed by atoms with Gasteiger partial charge in [0.1, 0.15) is 17.2 Å². The number of amides is 2. The Balaban J connectivity index is 1.89. The number of carbonyl (C=O) groups is 1. The van der Waals surface area contributed by atoms with E-state index in [4.69, 9.17) is 16.0 Å². The van der Waals surface area contributed by atoms with Gasteiger partial charge in [-0.25, -0.2) is 19.2 Å². The van der Waals surface area contributed by atoms with Crippen molar-refractivity contribution in [3.63, 3.8) is 0 Å². The summed E-state index contributed by atoms with van der Waals surface area (Å²) in [4.78, 5) is 19.2. The third kappa shape index (κ3) is 4.11. The van der Waals surface area contributed by atoms with Crippen LogP contribution in [0.1, 0.15) is 17.4 Å². The van der Waals surface area contributed by atoms with E-state index < -0.39 is 29.8 Å². The first-order valence-electron chi connectivity index (χ1n) is 7.45. The molecule has 11 heteroatoms. The van der Waals surface area contributed by atoms with Gasteiger partial charge in [-0.3, -0.25) is 0 Å². The molecule has 0 bridgehead atoms. The van der Waals surface area contributed by atoms with E-state index in [0.29, 0.717) is 0 Å². The van der Waals surface area contributed by atoms with Crippen LogP contribution in [0.3, 0.4) is 0 Å². The number of benzene rings is 1. The summed E-state index contributed by atoms with van der Waals surface area (Å²) < 4.78 is 59.2. The summed E-state index contributed by atoms with van der Waals surface area (Å²) in [6.07, 6.45) is -2.59. The lowest BCUT2D eigenvalue weighted by Crippen LogP contribution is -2.40. The van der Waals surface area contributed by atoms with E-state index in [2.05, 4.69) is 15.3 Å². The van der Waals surface area contributed by atoms with Gasteiger partial charge in [-0.1, -0.05) is 0 Å². The highest BCUT2D eigenvalue weighted by atomic mass is 35.5. The number of nitrogens with one attached hydrogen (secondary N) is 2. The molecule has 0 radical (unpaired) electrons. The highest BCUT2D eigenvalue weighted by Gasteiger charge is 2.45. The molecule has 1 atom stereocenters. The molecule has 6 nitrogen and oxygen atoms in total. The molecule has 0 aliphatic heterocycles. The second-order valence-electron chi connectivity index (χ2n) is 5.55. The summed E-state index contributed by atoms with van der Waals surface area (Å²) in [5, 5.41) is 4.07. The van der Waals surface area contributed by atoms with Crippen LogP contribution in [0.4, 0.5) is 28.0 Å². The number of carbonyl (C=O) groups excluding carboxylic acids is 1. The predicted octanol–water partition coefficient (Wildman–Crippen LogP) is 4.75. The number of fused-ring (bicyclic) bond motifs is 1. The number of halogens is 5. The number of aryl methyl sites for hydroxylation is 1. The first-order chi connectivity index (χ1) is 12.6. The van der Waals surface area contributed by atoms with Crippen LogP contribution in [-0.4, -0.2) is 22.2 Å². The third-order valence-corrected chi connectivity index (χ3v) is 3.87. The molecule has 142 valence electrons. The van der Waals surface area contributed by atoms with Gasteiger partial charge >= 0.3 is 12.2 Å². The van der Waals surface area contributed by atoms with Gasteiger partial charge in [0, 0.05) is 10.9 Å². The zero-order valence-electron chi connectivity index (χ0n) is 13.6. The van der Waals surface area contributed by atoms with Gasteiger partial charge in [0.15, 0.2) is 6.04 Å². The minimum Gasteiger partial charge on any atom is -0.458 e. The number of hydrogen-bond acceptors (Lipinski definition) is 4. The predicted molar refractivity (Wildman–Crippen MR) is 88.9 cm³/mol. The van der Waals surface area contributed by atoms with Gasteiger partial charge in [0.25, 0.3) is 0 Å². The Labute approximate surface area is 154 Å². The van der Waals surface area contributed by atoms with Gasteiger partial charge in [0.2, 0.25) is 5.28 Å². The van der Waals surface area contributed by atoms with Crippen LogP contribution in [0.15, 0.2) is 35.0 Å². The van der Waals surface area contributed by atoms with Crippen molar-refractivity contribution in [2.45, 2.75) is 19.1 Å². The van der Waals surface area contributed by atoms with Crippen molar-refractivity contribution < 1.29 is 26.8 Å². The topological polar surface area (TPSA) is 80.0 Å². The third-order valence-electron chi connectivity index (χ3n) is 3.68. The Kier molecular flexibility index (Phi) is 4.92. The number of furan rings is 1. The summed E-state index contributed by atoms with van der Waals surface area (Å²) in [6.45, 7) is 1.35. The van der Waals surface area contributed by atoms with E-state index in [0.717, 1.165) is 24.5 Å². The van der Waals surface area contributed by atoms with Crippen molar-refractivity contribution in [1.29, 1.82) is 0 Å². The lowest BCUT2D eigenvalue weighted by Gasteiger charge is -2.20. The molecular formula is C16H11ClF4N4O2. The normalized spacial score (nSPS) is 12.8. The first kappa shape index (κ1) is 18.9. The molecule has 0 aliphatic carbocycles. The number of alkyl halides is 3. The molecule has 2 aromatic heterocycles. The fraction of sp³-hybridized carbons (Fsp3) is 0.188. The summed E-state index contributed by atoms with van der Waals surface area (Å²) >= 11 is 5.50. The van der Waals surface area contributed by atoms with Gasteiger partial charge in [-0.05, 0) is 36.7 Å². The number of aromatic nitrogens is 2. The zero-order chi connectivity index (χ0) is 19.8. The van der Waals surface area contributed by atoms with E-state index in [1.165, 1.54) is 13.0 Å². The molecule has 27 heavy (non-hydrogen) atoms. The van der Waals surface area contributed by atoms with Crippen LogP contribution >= 0.6 is 11.6 Å². The summed E-state index contributed by atoms with van der Waals surface area (Å²) in [5.41, 5.74) is 0.189. The molecule has 1 unspecified atom stereocenters. The zero-order valence-corrected chi connectivity index (χ0v) is 14.3. The Morgan fingerprint density at radius 2 is 1.93 bits per heavy atom. The monoisotopic (exact) mass is 402 g/mol. The van der Waals surface area contributed by atoms with Crippen LogP contribution in [0.25, 0.3) is 11.0 Å². The smallest absolute Gasteiger partial charge is 0.416 e.